The summed E-state index contributed by atoms with van der Waals surface area (Å²) in [4.78, 5) is 17.6. The molecule has 0 aliphatic carbocycles. The zero-order chi connectivity index (χ0) is 14.3. The fourth-order valence-electron chi connectivity index (χ4n) is 2.25. The summed E-state index contributed by atoms with van der Waals surface area (Å²) >= 11 is 5.91. The minimum absolute atomic E-state index is 0.167. The van der Waals surface area contributed by atoms with E-state index in [1.165, 1.54) is 17.2 Å². The summed E-state index contributed by atoms with van der Waals surface area (Å²) in [6, 6.07) is 5.32. The van der Waals surface area contributed by atoms with Crippen molar-refractivity contribution in [3.63, 3.8) is 0 Å². The first-order valence-corrected chi connectivity index (χ1v) is 6.30. The van der Waals surface area contributed by atoms with Gasteiger partial charge in [0.2, 0.25) is 0 Å². The van der Waals surface area contributed by atoms with Crippen LogP contribution in [0.1, 0.15) is 21.5 Å². The number of carbonyl (C=O) groups excluding carboxylic acids is 1. The van der Waals surface area contributed by atoms with E-state index in [0.29, 0.717) is 17.7 Å². The van der Waals surface area contributed by atoms with Crippen LogP contribution in [0.3, 0.4) is 0 Å². The van der Waals surface area contributed by atoms with Gasteiger partial charge in [-0.1, -0.05) is 17.7 Å². The molecule has 102 valence electrons. The molecule has 0 saturated heterocycles. The van der Waals surface area contributed by atoms with E-state index >= 15 is 0 Å². The third-order valence-corrected chi connectivity index (χ3v) is 3.50. The lowest BCUT2D eigenvalue weighted by molar-refractivity contribution is 0.0766. The molecule has 0 N–H and O–H groups in total. The van der Waals surface area contributed by atoms with E-state index in [9.17, 15) is 13.6 Å². The molecular weight excluding hydrogens is 286 g/mol. The zero-order valence-corrected chi connectivity index (χ0v) is 11.0. The molecule has 0 unspecified atom stereocenters. The number of hydrogen-bond donors (Lipinski definition) is 0. The lowest BCUT2D eigenvalue weighted by Crippen LogP contribution is -2.23. The van der Waals surface area contributed by atoms with Crippen LogP contribution in [-0.4, -0.2) is 15.8 Å². The summed E-state index contributed by atoms with van der Waals surface area (Å²) < 4.78 is 26.0. The normalized spacial score (nSPS) is 13.8. The molecule has 2 aromatic rings. The average Bonchev–Trinajstić information content (AvgIpc) is 2.72. The largest absolute Gasteiger partial charge is 0.330 e. The molecule has 0 fully saturated rings. The molecule has 1 aliphatic rings. The van der Waals surface area contributed by atoms with E-state index < -0.39 is 11.6 Å². The maximum Gasteiger partial charge on any atom is 0.257 e. The molecule has 0 spiro atoms. The molecule has 3 nitrogen and oxygen atoms in total. The van der Waals surface area contributed by atoms with E-state index in [1.807, 2.05) is 0 Å². The van der Waals surface area contributed by atoms with Gasteiger partial charge in [0.25, 0.3) is 5.91 Å². The number of hydrogen-bond acceptors (Lipinski definition) is 2. The van der Waals surface area contributed by atoms with Crippen molar-refractivity contribution in [2.75, 3.05) is 0 Å². The van der Waals surface area contributed by atoms with Gasteiger partial charge in [-0.25, -0.2) is 13.8 Å². The van der Waals surface area contributed by atoms with Crippen molar-refractivity contribution in [3.05, 3.63) is 63.9 Å². The molecule has 1 aromatic heterocycles. The number of amides is 1. The first-order chi connectivity index (χ1) is 9.56. The Labute approximate surface area is 118 Å². The highest BCUT2D eigenvalue weighted by Crippen LogP contribution is 2.28. The number of carbonyl (C=O) groups is 1. The highest BCUT2D eigenvalue weighted by molar-refractivity contribution is 6.33. The molecule has 6 heteroatoms. The van der Waals surface area contributed by atoms with Crippen LogP contribution in [0.15, 0.2) is 30.5 Å². The predicted molar refractivity (Wildman–Crippen MR) is 69.2 cm³/mol. The summed E-state index contributed by atoms with van der Waals surface area (Å²) in [7, 11) is 0. The lowest BCUT2D eigenvalue weighted by atomic mass is 10.2. The summed E-state index contributed by atoms with van der Waals surface area (Å²) in [5, 5.41) is 0.167. The Bertz CT molecular complexity index is 706. The number of pyridine rings is 1. The molecular formula is C14H9ClF2N2O. The van der Waals surface area contributed by atoms with Gasteiger partial charge in [0.1, 0.15) is 5.15 Å². The van der Waals surface area contributed by atoms with Gasteiger partial charge in [0.05, 0.1) is 5.56 Å². The second-order valence-electron chi connectivity index (χ2n) is 4.55. The molecule has 1 amide bonds. The van der Waals surface area contributed by atoms with E-state index in [1.54, 1.807) is 6.07 Å². The zero-order valence-electron chi connectivity index (χ0n) is 10.2. The number of halogens is 3. The minimum atomic E-state index is -0.925. The Morgan fingerprint density at radius 3 is 2.75 bits per heavy atom. The van der Waals surface area contributed by atoms with Crippen molar-refractivity contribution in [1.29, 1.82) is 0 Å². The molecule has 0 radical (unpaired) electrons. The summed E-state index contributed by atoms with van der Waals surface area (Å²) in [5.41, 5.74) is 1.70. The van der Waals surface area contributed by atoms with Gasteiger partial charge < -0.3 is 4.90 Å². The molecule has 0 saturated carbocycles. The molecule has 0 bridgehead atoms. The Hall–Kier alpha value is -2.01. The van der Waals surface area contributed by atoms with Crippen molar-refractivity contribution < 1.29 is 13.6 Å². The Morgan fingerprint density at radius 2 is 2.05 bits per heavy atom. The maximum absolute atomic E-state index is 13.2. The first-order valence-electron chi connectivity index (χ1n) is 5.93. The van der Waals surface area contributed by atoms with Crippen molar-refractivity contribution in [3.8, 4) is 0 Å². The highest BCUT2D eigenvalue weighted by Gasteiger charge is 2.30. The fourth-order valence-corrected chi connectivity index (χ4v) is 2.51. The third-order valence-electron chi connectivity index (χ3n) is 3.21. The average molecular weight is 295 g/mol. The van der Waals surface area contributed by atoms with Crippen LogP contribution in [0.5, 0.6) is 0 Å². The minimum Gasteiger partial charge on any atom is -0.330 e. The number of benzene rings is 1. The van der Waals surface area contributed by atoms with Crippen LogP contribution >= 0.6 is 11.6 Å². The predicted octanol–water partition coefficient (Wildman–Crippen LogP) is 3.17. The van der Waals surface area contributed by atoms with Crippen molar-refractivity contribution in [2.45, 2.75) is 13.1 Å². The number of nitrogens with zero attached hydrogens (tertiary/aromatic N) is 2. The van der Waals surface area contributed by atoms with Crippen LogP contribution in [0.4, 0.5) is 8.78 Å². The topological polar surface area (TPSA) is 33.2 Å². The van der Waals surface area contributed by atoms with Crippen LogP contribution in [0.25, 0.3) is 0 Å². The first kappa shape index (κ1) is 13.0. The van der Waals surface area contributed by atoms with E-state index in [2.05, 4.69) is 4.98 Å². The van der Waals surface area contributed by atoms with E-state index in [4.69, 9.17) is 11.6 Å². The van der Waals surface area contributed by atoms with Gasteiger partial charge in [-0.05, 0) is 29.3 Å². The van der Waals surface area contributed by atoms with Gasteiger partial charge in [-0.2, -0.15) is 0 Å². The Kier molecular flexibility index (Phi) is 3.14. The Balaban J connectivity index is 1.86. The molecule has 1 aromatic carbocycles. The van der Waals surface area contributed by atoms with Gasteiger partial charge in [0, 0.05) is 19.3 Å². The second-order valence-corrected chi connectivity index (χ2v) is 4.90. The number of aromatic nitrogens is 1. The fraction of sp³-hybridized carbons (Fsp3) is 0.143. The van der Waals surface area contributed by atoms with E-state index in [0.717, 1.165) is 17.7 Å². The van der Waals surface area contributed by atoms with Crippen molar-refractivity contribution in [2.24, 2.45) is 0 Å². The van der Waals surface area contributed by atoms with Gasteiger partial charge in [0.15, 0.2) is 11.6 Å². The van der Waals surface area contributed by atoms with Gasteiger partial charge in [-0.15, -0.1) is 0 Å². The van der Waals surface area contributed by atoms with E-state index in [-0.39, 0.29) is 17.6 Å². The van der Waals surface area contributed by atoms with Crippen LogP contribution in [-0.2, 0) is 13.1 Å². The SMILES string of the molecule is O=C1c2c(ccnc2Cl)CN1Cc1ccc(F)c(F)c1. The summed E-state index contributed by atoms with van der Waals surface area (Å²) in [6.45, 7) is 0.580. The van der Waals surface area contributed by atoms with Crippen LogP contribution < -0.4 is 0 Å². The number of fused-ring (bicyclic) bond motifs is 1. The maximum atomic E-state index is 13.2. The molecule has 1 aliphatic heterocycles. The van der Waals surface area contributed by atoms with Gasteiger partial charge >= 0.3 is 0 Å². The van der Waals surface area contributed by atoms with Crippen molar-refractivity contribution in [1.82, 2.24) is 9.88 Å². The molecule has 3 rings (SSSR count). The van der Waals surface area contributed by atoms with Crippen LogP contribution in [0, 0.1) is 11.6 Å². The molecule has 0 atom stereocenters. The third kappa shape index (κ3) is 2.14. The monoisotopic (exact) mass is 294 g/mol. The molecule has 20 heavy (non-hydrogen) atoms. The Morgan fingerprint density at radius 1 is 1.25 bits per heavy atom. The standard InChI is InChI=1S/C14H9ClF2N2O/c15-13-12-9(3-4-18-13)7-19(14(12)20)6-8-1-2-10(16)11(17)5-8/h1-5H,6-7H2. The summed E-state index contributed by atoms with van der Waals surface area (Å²) in [6.07, 6.45) is 1.54. The second kappa shape index (κ2) is 4.83. The van der Waals surface area contributed by atoms with Crippen LogP contribution in [0.2, 0.25) is 5.15 Å². The number of rotatable bonds is 2. The summed E-state index contributed by atoms with van der Waals surface area (Å²) in [5.74, 6) is -2.08. The quantitative estimate of drug-likeness (QED) is 0.797. The highest BCUT2D eigenvalue weighted by atomic mass is 35.5. The van der Waals surface area contributed by atoms with Crippen molar-refractivity contribution >= 4 is 17.5 Å². The van der Waals surface area contributed by atoms with Gasteiger partial charge in [-0.3, -0.25) is 4.79 Å². The smallest absolute Gasteiger partial charge is 0.257 e. The lowest BCUT2D eigenvalue weighted by Gasteiger charge is -2.15. The molecule has 2 heterocycles.